The first-order valence-electron chi connectivity index (χ1n) is 6.75. The van der Waals surface area contributed by atoms with Gasteiger partial charge >= 0.3 is 0 Å². The lowest BCUT2D eigenvalue weighted by atomic mass is 10.2. The van der Waals surface area contributed by atoms with Crippen molar-refractivity contribution in [1.29, 1.82) is 0 Å². The average Bonchev–Trinajstić information content (AvgIpc) is 2.54. The zero-order valence-corrected chi connectivity index (χ0v) is 13.0. The van der Waals surface area contributed by atoms with Crippen molar-refractivity contribution >= 4 is 10.0 Å². The number of pyridine rings is 1. The Morgan fingerprint density at radius 1 is 1.17 bits per heavy atom. The smallest absolute Gasteiger partial charge is 0.216 e. The molecule has 0 spiro atoms. The second-order valence-corrected chi connectivity index (χ2v) is 6.34. The van der Waals surface area contributed by atoms with Crippen LogP contribution in [0.4, 0.5) is 4.39 Å². The maximum Gasteiger partial charge on any atom is 0.216 e. The van der Waals surface area contributed by atoms with E-state index in [0.29, 0.717) is 11.3 Å². The molecule has 0 fully saturated rings. The van der Waals surface area contributed by atoms with Crippen molar-refractivity contribution in [3.05, 3.63) is 60.2 Å². The van der Waals surface area contributed by atoms with E-state index in [-0.39, 0.29) is 18.9 Å². The molecule has 120 valence electrons. The van der Waals surface area contributed by atoms with E-state index >= 15 is 0 Å². The Morgan fingerprint density at radius 2 is 1.96 bits per heavy atom. The fraction of sp³-hybridized carbons (Fsp3) is 0.188. The highest BCUT2D eigenvalue weighted by Gasteiger charge is 2.10. The summed E-state index contributed by atoms with van der Waals surface area (Å²) in [5, 5.41) is 0. The third-order valence-corrected chi connectivity index (χ3v) is 4.02. The van der Waals surface area contributed by atoms with Crippen LogP contribution in [0.3, 0.4) is 0 Å². The Bertz CT molecular complexity index is 782. The highest BCUT2D eigenvalue weighted by Crippen LogP contribution is 2.06. The van der Waals surface area contributed by atoms with Gasteiger partial charge in [0.15, 0.2) is 0 Å². The Labute approximate surface area is 134 Å². The predicted molar refractivity (Wildman–Crippen MR) is 84.5 cm³/mol. The van der Waals surface area contributed by atoms with Crippen LogP contribution in [-0.2, 0) is 15.8 Å². The van der Waals surface area contributed by atoms with E-state index in [1.165, 1.54) is 24.3 Å². The highest BCUT2D eigenvalue weighted by atomic mass is 32.2. The maximum atomic E-state index is 12.8. The molecule has 0 radical (unpaired) electrons. The molecule has 1 heterocycles. The van der Waals surface area contributed by atoms with E-state index in [2.05, 4.69) is 21.5 Å². The summed E-state index contributed by atoms with van der Waals surface area (Å²) < 4.78 is 44.1. The normalized spacial score (nSPS) is 10.7. The number of nitrogens with one attached hydrogen (secondary N) is 1. The van der Waals surface area contributed by atoms with Gasteiger partial charge in [0.2, 0.25) is 10.0 Å². The molecule has 1 N–H and O–H groups in total. The first-order chi connectivity index (χ1) is 11.1. The largest absolute Gasteiger partial charge is 0.479 e. The SMILES string of the molecule is O=S(=O)(Cc1ccc(F)cc1)NCC#CCOc1cccnc1. The van der Waals surface area contributed by atoms with Crippen LogP contribution in [0.5, 0.6) is 5.75 Å². The van der Waals surface area contributed by atoms with E-state index in [0.717, 1.165) is 0 Å². The number of ether oxygens (including phenoxy) is 1. The van der Waals surface area contributed by atoms with Crippen molar-refractivity contribution in [2.45, 2.75) is 5.75 Å². The number of benzene rings is 1. The molecule has 7 heteroatoms. The van der Waals surface area contributed by atoms with Gasteiger partial charge in [-0.1, -0.05) is 24.0 Å². The highest BCUT2D eigenvalue weighted by molar-refractivity contribution is 7.88. The van der Waals surface area contributed by atoms with E-state index in [1.54, 1.807) is 24.5 Å². The standard InChI is InChI=1S/C16H15FN2O3S/c17-15-7-5-14(6-8-15)13-23(20,21)19-10-1-2-11-22-16-4-3-9-18-12-16/h3-9,12,19H,10-11,13H2. The fourth-order valence-electron chi connectivity index (χ4n) is 1.66. The molecule has 23 heavy (non-hydrogen) atoms. The van der Waals surface area contributed by atoms with Crippen LogP contribution in [0.25, 0.3) is 0 Å². The minimum absolute atomic E-state index is 0.0140. The molecule has 0 atom stereocenters. The molecule has 0 unspecified atom stereocenters. The van der Waals surface area contributed by atoms with E-state index < -0.39 is 15.8 Å². The van der Waals surface area contributed by atoms with Gasteiger partial charge in [0.05, 0.1) is 18.5 Å². The van der Waals surface area contributed by atoms with E-state index in [9.17, 15) is 12.8 Å². The van der Waals surface area contributed by atoms with Gasteiger partial charge in [0.1, 0.15) is 18.2 Å². The molecule has 2 aromatic rings. The number of sulfonamides is 1. The summed E-state index contributed by atoms with van der Waals surface area (Å²) in [5.41, 5.74) is 0.506. The molecular weight excluding hydrogens is 319 g/mol. The molecular formula is C16H15FN2O3S. The lowest BCUT2D eigenvalue weighted by Gasteiger charge is -2.04. The summed E-state index contributed by atoms with van der Waals surface area (Å²) in [6.07, 6.45) is 3.20. The monoisotopic (exact) mass is 334 g/mol. The number of rotatable bonds is 6. The number of nitrogens with zero attached hydrogens (tertiary/aromatic N) is 1. The van der Waals surface area contributed by atoms with Gasteiger partial charge in [-0.05, 0) is 29.8 Å². The average molecular weight is 334 g/mol. The molecule has 0 aliphatic rings. The third-order valence-electron chi connectivity index (χ3n) is 2.72. The third kappa shape index (κ3) is 6.46. The first kappa shape index (κ1) is 16.9. The second-order valence-electron chi connectivity index (χ2n) is 4.54. The molecule has 2 rings (SSSR count). The number of hydrogen-bond acceptors (Lipinski definition) is 4. The van der Waals surface area contributed by atoms with Gasteiger partial charge in [-0.15, -0.1) is 0 Å². The summed E-state index contributed by atoms with van der Waals surface area (Å²) in [6.45, 7) is 0.130. The van der Waals surface area contributed by atoms with Gasteiger partial charge < -0.3 is 4.74 Å². The van der Waals surface area contributed by atoms with Gasteiger partial charge in [-0.3, -0.25) is 4.98 Å². The Morgan fingerprint density at radius 3 is 2.65 bits per heavy atom. The zero-order valence-electron chi connectivity index (χ0n) is 12.2. The Hall–Kier alpha value is -2.43. The molecule has 1 aromatic heterocycles. The molecule has 0 saturated heterocycles. The van der Waals surface area contributed by atoms with Gasteiger partial charge in [0, 0.05) is 6.20 Å². The molecule has 0 aliphatic carbocycles. The minimum atomic E-state index is -3.51. The quantitative estimate of drug-likeness (QED) is 0.817. The van der Waals surface area contributed by atoms with Crippen LogP contribution < -0.4 is 9.46 Å². The molecule has 0 aliphatic heterocycles. The van der Waals surface area contributed by atoms with Crippen LogP contribution in [0.2, 0.25) is 0 Å². The van der Waals surface area contributed by atoms with Crippen molar-refractivity contribution in [2.75, 3.05) is 13.2 Å². The van der Waals surface area contributed by atoms with Crippen LogP contribution in [0.1, 0.15) is 5.56 Å². The van der Waals surface area contributed by atoms with Crippen LogP contribution >= 0.6 is 0 Å². The van der Waals surface area contributed by atoms with E-state index in [4.69, 9.17) is 4.74 Å². The fourth-order valence-corrected chi connectivity index (χ4v) is 2.69. The van der Waals surface area contributed by atoms with E-state index in [1.807, 2.05) is 0 Å². The van der Waals surface area contributed by atoms with Crippen LogP contribution in [0, 0.1) is 17.7 Å². The summed E-state index contributed by atoms with van der Waals surface area (Å²) in [6, 6.07) is 8.80. The van der Waals surface area contributed by atoms with Crippen LogP contribution in [0.15, 0.2) is 48.8 Å². The number of aromatic nitrogens is 1. The molecule has 1 aromatic carbocycles. The second kappa shape index (κ2) is 8.27. The summed E-state index contributed by atoms with van der Waals surface area (Å²) in [5.74, 6) is 5.33. The summed E-state index contributed by atoms with van der Waals surface area (Å²) in [4.78, 5) is 3.89. The van der Waals surface area contributed by atoms with Crippen molar-refractivity contribution < 1.29 is 17.5 Å². The van der Waals surface area contributed by atoms with Gasteiger partial charge in [-0.25, -0.2) is 17.5 Å². The van der Waals surface area contributed by atoms with Gasteiger partial charge in [-0.2, -0.15) is 0 Å². The predicted octanol–water partition coefficient (Wildman–Crippen LogP) is 1.72. The minimum Gasteiger partial charge on any atom is -0.479 e. The lowest BCUT2D eigenvalue weighted by Crippen LogP contribution is -2.25. The lowest BCUT2D eigenvalue weighted by molar-refractivity contribution is 0.368. The van der Waals surface area contributed by atoms with Crippen molar-refractivity contribution in [1.82, 2.24) is 9.71 Å². The van der Waals surface area contributed by atoms with Gasteiger partial charge in [0.25, 0.3) is 0 Å². The Balaban J connectivity index is 1.74. The first-order valence-corrected chi connectivity index (χ1v) is 8.41. The van der Waals surface area contributed by atoms with Crippen LogP contribution in [-0.4, -0.2) is 26.6 Å². The molecule has 0 bridgehead atoms. The summed E-state index contributed by atoms with van der Waals surface area (Å²) >= 11 is 0. The number of hydrogen-bond donors (Lipinski definition) is 1. The number of halogens is 1. The molecule has 0 saturated carbocycles. The van der Waals surface area contributed by atoms with Crippen molar-refractivity contribution in [3.8, 4) is 17.6 Å². The maximum absolute atomic E-state index is 12.8. The molecule has 0 amide bonds. The van der Waals surface area contributed by atoms with Crippen molar-refractivity contribution in [2.24, 2.45) is 0 Å². The van der Waals surface area contributed by atoms with Crippen molar-refractivity contribution in [3.63, 3.8) is 0 Å². The summed E-state index contributed by atoms with van der Waals surface area (Å²) in [7, 11) is -3.51. The Kier molecular flexibility index (Phi) is 6.09. The topological polar surface area (TPSA) is 68.3 Å². The zero-order chi connectivity index (χ0) is 16.5. The molecule has 5 nitrogen and oxygen atoms in total.